The van der Waals surface area contributed by atoms with Crippen molar-refractivity contribution in [2.24, 2.45) is 0 Å². The molecule has 1 heterocycles. The summed E-state index contributed by atoms with van der Waals surface area (Å²) in [5.74, 6) is 0.236. The van der Waals surface area contributed by atoms with Gasteiger partial charge in [0.2, 0.25) is 5.91 Å². The summed E-state index contributed by atoms with van der Waals surface area (Å²) >= 11 is 5.99. The molecule has 8 heteroatoms. The van der Waals surface area contributed by atoms with Gasteiger partial charge in [-0.1, -0.05) is 24.2 Å². The number of pyridine rings is 1. The summed E-state index contributed by atoms with van der Waals surface area (Å²) in [5, 5.41) is 3.61. The predicted octanol–water partition coefficient (Wildman–Crippen LogP) is 5.50. The Hall–Kier alpha value is -3.06. The number of halogens is 4. The van der Waals surface area contributed by atoms with E-state index in [4.69, 9.17) is 16.3 Å². The van der Waals surface area contributed by atoms with Crippen molar-refractivity contribution in [2.75, 3.05) is 0 Å². The molecule has 0 unspecified atom stereocenters. The number of carbonyl (C=O) groups excluding carboxylic acids is 1. The molecule has 0 saturated carbocycles. The van der Waals surface area contributed by atoms with Crippen LogP contribution in [0.3, 0.4) is 0 Å². The van der Waals surface area contributed by atoms with Crippen molar-refractivity contribution in [3.63, 3.8) is 0 Å². The molecule has 3 aromatic rings. The highest BCUT2D eigenvalue weighted by atomic mass is 35.5. The number of amides is 1. The van der Waals surface area contributed by atoms with Crippen LogP contribution in [0.5, 0.6) is 11.5 Å². The molecule has 0 saturated heterocycles. The van der Waals surface area contributed by atoms with Gasteiger partial charge in [-0.2, -0.15) is 13.2 Å². The first-order chi connectivity index (χ1) is 13.3. The fraction of sp³-hybridized carbons (Fsp3) is 0.100. The SMILES string of the molecule is C=CC(=O)NCc1ccc(Oc2ccc(C(F)(F)F)cc2)c2nc(Cl)ccc12. The first kappa shape index (κ1) is 19.7. The molecule has 144 valence electrons. The molecule has 0 aliphatic carbocycles. The molecule has 0 aliphatic heterocycles. The van der Waals surface area contributed by atoms with Gasteiger partial charge in [0.15, 0.2) is 5.75 Å². The van der Waals surface area contributed by atoms with E-state index in [0.717, 1.165) is 17.7 Å². The molecule has 1 aromatic heterocycles. The molecule has 0 atom stereocenters. The molecule has 4 nitrogen and oxygen atoms in total. The molecule has 28 heavy (non-hydrogen) atoms. The van der Waals surface area contributed by atoms with Crippen molar-refractivity contribution in [3.05, 3.63) is 77.5 Å². The van der Waals surface area contributed by atoms with Crippen LogP contribution in [-0.2, 0) is 17.5 Å². The number of rotatable bonds is 5. The Morgan fingerprint density at radius 2 is 1.86 bits per heavy atom. The van der Waals surface area contributed by atoms with E-state index in [1.165, 1.54) is 18.2 Å². The fourth-order valence-corrected chi connectivity index (χ4v) is 2.70. The third kappa shape index (κ3) is 4.43. The van der Waals surface area contributed by atoms with E-state index in [2.05, 4.69) is 16.9 Å². The lowest BCUT2D eigenvalue weighted by atomic mass is 10.1. The van der Waals surface area contributed by atoms with E-state index >= 15 is 0 Å². The summed E-state index contributed by atoms with van der Waals surface area (Å²) in [4.78, 5) is 15.7. The number of benzene rings is 2. The van der Waals surface area contributed by atoms with Crippen LogP contribution in [0.2, 0.25) is 5.15 Å². The third-order valence-corrected chi connectivity index (χ3v) is 4.13. The smallest absolute Gasteiger partial charge is 0.416 e. The molecular weight excluding hydrogens is 393 g/mol. The highest BCUT2D eigenvalue weighted by Crippen LogP contribution is 2.34. The number of fused-ring (bicyclic) bond motifs is 1. The van der Waals surface area contributed by atoms with E-state index in [1.807, 2.05) is 0 Å². The number of hydrogen-bond acceptors (Lipinski definition) is 3. The Labute approximate surface area is 163 Å². The zero-order valence-corrected chi connectivity index (χ0v) is 15.1. The number of nitrogens with zero attached hydrogens (tertiary/aromatic N) is 1. The highest BCUT2D eigenvalue weighted by molar-refractivity contribution is 6.29. The Morgan fingerprint density at radius 3 is 2.50 bits per heavy atom. The normalized spacial score (nSPS) is 11.3. The number of carbonyl (C=O) groups is 1. The van der Waals surface area contributed by atoms with Crippen LogP contribution in [0, 0.1) is 0 Å². The maximum Gasteiger partial charge on any atom is 0.416 e. The van der Waals surface area contributed by atoms with E-state index in [0.29, 0.717) is 16.7 Å². The number of ether oxygens (including phenoxy) is 1. The summed E-state index contributed by atoms with van der Waals surface area (Å²) in [6.45, 7) is 3.64. The monoisotopic (exact) mass is 406 g/mol. The Bertz CT molecular complexity index is 1030. The van der Waals surface area contributed by atoms with Gasteiger partial charge in [0, 0.05) is 11.9 Å². The Morgan fingerprint density at radius 1 is 1.14 bits per heavy atom. The number of aromatic nitrogens is 1. The van der Waals surface area contributed by atoms with Gasteiger partial charge in [0.1, 0.15) is 16.4 Å². The second-order valence-corrected chi connectivity index (χ2v) is 6.19. The molecule has 0 fully saturated rings. The van der Waals surface area contributed by atoms with Gasteiger partial charge in [0.25, 0.3) is 0 Å². The largest absolute Gasteiger partial charge is 0.455 e. The average molecular weight is 407 g/mol. The third-order valence-electron chi connectivity index (χ3n) is 3.92. The zero-order valence-electron chi connectivity index (χ0n) is 14.4. The quantitative estimate of drug-likeness (QED) is 0.449. The topological polar surface area (TPSA) is 51.2 Å². The Balaban J connectivity index is 1.94. The molecule has 0 bridgehead atoms. The molecule has 0 spiro atoms. The molecule has 0 aliphatic rings. The Kier molecular flexibility index (Phi) is 5.56. The molecule has 3 rings (SSSR count). The van der Waals surface area contributed by atoms with Crippen LogP contribution >= 0.6 is 11.6 Å². The summed E-state index contributed by atoms with van der Waals surface area (Å²) in [7, 11) is 0. The summed E-state index contributed by atoms with van der Waals surface area (Å²) < 4.78 is 43.8. The summed E-state index contributed by atoms with van der Waals surface area (Å²) in [5.41, 5.74) is 0.436. The summed E-state index contributed by atoms with van der Waals surface area (Å²) in [6, 6.07) is 11.0. The molecule has 0 radical (unpaired) electrons. The molecule has 1 amide bonds. The van der Waals surface area contributed by atoms with E-state index < -0.39 is 11.7 Å². The first-order valence-electron chi connectivity index (χ1n) is 8.11. The van der Waals surface area contributed by atoms with E-state index in [9.17, 15) is 18.0 Å². The minimum absolute atomic E-state index is 0.226. The number of hydrogen-bond donors (Lipinski definition) is 1. The number of nitrogens with one attached hydrogen (secondary N) is 1. The lowest BCUT2D eigenvalue weighted by Gasteiger charge is -2.13. The lowest BCUT2D eigenvalue weighted by molar-refractivity contribution is -0.137. The lowest BCUT2D eigenvalue weighted by Crippen LogP contribution is -2.20. The van der Waals surface area contributed by atoms with Crippen molar-refractivity contribution >= 4 is 28.4 Å². The van der Waals surface area contributed by atoms with Crippen LogP contribution in [0.15, 0.2) is 61.2 Å². The molecule has 2 aromatic carbocycles. The van der Waals surface area contributed by atoms with Crippen LogP contribution in [0.4, 0.5) is 13.2 Å². The van der Waals surface area contributed by atoms with Gasteiger partial charge in [-0.15, -0.1) is 0 Å². The second-order valence-electron chi connectivity index (χ2n) is 5.80. The van der Waals surface area contributed by atoms with E-state index in [1.54, 1.807) is 24.3 Å². The first-order valence-corrected chi connectivity index (χ1v) is 8.49. The standard InChI is InChI=1S/C20H14ClF3N2O2/c1-2-18(27)25-11-12-3-9-16(19-15(12)8-10-17(21)26-19)28-14-6-4-13(5-7-14)20(22,23)24/h2-10H,1,11H2,(H,25,27). The van der Waals surface area contributed by atoms with Gasteiger partial charge >= 0.3 is 6.18 Å². The van der Waals surface area contributed by atoms with Crippen molar-refractivity contribution in [1.29, 1.82) is 0 Å². The van der Waals surface area contributed by atoms with Crippen molar-refractivity contribution < 1.29 is 22.7 Å². The molecular formula is C20H14ClF3N2O2. The van der Waals surface area contributed by atoms with Crippen LogP contribution in [0.25, 0.3) is 10.9 Å². The summed E-state index contributed by atoms with van der Waals surface area (Å²) in [6.07, 6.45) is -3.25. The van der Waals surface area contributed by atoms with Gasteiger partial charge < -0.3 is 10.1 Å². The number of alkyl halides is 3. The molecule has 1 N–H and O–H groups in total. The maximum absolute atomic E-state index is 12.7. The van der Waals surface area contributed by atoms with Gasteiger partial charge in [-0.25, -0.2) is 4.98 Å². The van der Waals surface area contributed by atoms with Crippen molar-refractivity contribution in [2.45, 2.75) is 12.7 Å². The van der Waals surface area contributed by atoms with Gasteiger partial charge in [0.05, 0.1) is 5.56 Å². The van der Waals surface area contributed by atoms with Gasteiger partial charge in [-0.3, -0.25) is 4.79 Å². The fourth-order valence-electron chi connectivity index (χ4n) is 2.56. The second kappa shape index (κ2) is 7.90. The van der Waals surface area contributed by atoms with Crippen LogP contribution in [0.1, 0.15) is 11.1 Å². The minimum Gasteiger partial charge on any atom is -0.455 e. The highest BCUT2D eigenvalue weighted by Gasteiger charge is 2.30. The zero-order chi connectivity index (χ0) is 20.3. The minimum atomic E-state index is -4.42. The van der Waals surface area contributed by atoms with Crippen molar-refractivity contribution in [1.82, 2.24) is 10.3 Å². The average Bonchev–Trinajstić information content (AvgIpc) is 2.66. The van der Waals surface area contributed by atoms with Gasteiger partial charge in [-0.05, 0) is 54.1 Å². The van der Waals surface area contributed by atoms with E-state index in [-0.39, 0.29) is 23.4 Å². The van der Waals surface area contributed by atoms with Crippen LogP contribution in [-0.4, -0.2) is 10.9 Å². The van der Waals surface area contributed by atoms with Crippen molar-refractivity contribution in [3.8, 4) is 11.5 Å². The predicted molar refractivity (Wildman–Crippen MR) is 100 cm³/mol. The van der Waals surface area contributed by atoms with Crippen LogP contribution < -0.4 is 10.1 Å². The maximum atomic E-state index is 12.7.